The quantitative estimate of drug-likeness (QED) is 0.555. The fraction of sp³-hybridized carbons (Fsp3) is 0.0833. The molecule has 0 atom stereocenters. The van der Waals surface area contributed by atoms with Gasteiger partial charge in [-0.15, -0.1) is 6.42 Å². The minimum Gasteiger partial charge on any atom is -0.577 e. The maximum absolute atomic E-state index is 7.25. The first-order chi connectivity index (χ1) is 3.50. The van der Waals surface area contributed by atoms with Crippen molar-refractivity contribution in [3.05, 3.63) is 86.8 Å². The van der Waals surface area contributed by atoms with E-state index in [2.05, 4.69) is 12.2 Å². The van der Waals surface area contributed by atoms with Gasteiger partial charge in [0.25, 0.3) is 0 Å². The number of rotatable bonds is 0. The van der Waals surface area contributed by atoms with Gasteiger partial charge in [-0.3, -0.25) is 6.08 Å². The van der Waals surface area contributed by atoms with Crippen molar-refractivity contribution >= 4 is 0 Å². The van der Waals surface area contributed by atoms with Crippen LogP contribution in [0.4, 0.5) is 0 Å². The average Bonchev–Trinajstić information content (AvgIpc) is 2.23. The van der Waals surface area contributed by atoms with Crippen molar-refractivity contribution in [3.63, 3.8) is 0 Å². The number of allylic oxidation sites excluding steroid dienone is 4. The normalized spacial score (nSPS) is 6.13. The van der Waals surface area contributed by atoms with E-state index in [0.29, 0.717) is 0 Å². The molecule has 0 aliphatic heterocycles. The number of hydrogen-bond acceptors (Lipinski definition) is 1. The largest absolute Gasteiger partial charge is 0.577 e. The third-order valence-electron chi connectivity index (χ3n) is 0.586. The molecule has 2 nitrogen and oxygen atoms in total. The van der Waals surface area contributed by atoms with Crippen molar-refractivity contribution in [3.8, 4) is 0 Å². The van der Waals surface area contributed by atoms with Crippen LogP contribution in [0, 0.1) is 63.0 Å². The van der Waals surface area contributed by atoms with E-state index in [1.165, 1.54) is 0 Å². The summed E-state index contributed by atoms with van der Waals surface area (Å²) in [6.07, 6.45) is 10.0. The van der Waals surface area contributed by atoms with Crippen LogP contribution >= 0.6 is 0 Å². The van der Waals surface area contributed by atoms with E-state index in [9.17, 15) is 0 Å². The van der Waals surface area contributed by atoms with Gasteiger partial charge in [-0.05, 0) is 0 Å². The van der Waals surface area contributed by atoms with Crippen LogP contribution < -0.4 is 0 Å². The minimum atomic E-state index is 0. The molecule has 0 radical (unpaired) electrons. The van der Waals surface area contributed by atoms with E-state index in [-0.39, 0.29) is 73.1 Å². The Morgan fingerprint density at radius 3 is 1.27 bits per heavy atom. The summed E-state index contributed by atoms with van der Waals surface area (Å²) in [6.45, 7) is 0. The maximum Gasteiger partial charge on any atom is 0 e. The molecule has 0 bridgehead atoms. The summed E-state index contributed by atoms with van der Waals surface area (Å²) in [7, 11) is 0. The summed E-state index contributed by atoms with van der Waals surface area (Å²) in [5.74, 6) is 0. The van der Waals surface area contributed by atoms with Crippen molar-refractivity contribution in [2.24, 2.45) is 0 Å². The Labute approximate surface area is 114 Å². The molecule has 0 saturated heterocycles. The molecule has 100 valence electrons. The zero-order valence-electron chi connectivity index (χ0n) is 11.2. The molecular formula is C12H26NOW-9. The molecule has 3 heteroatoms. The van der Waals surface area contributed by atoms with E-state index in [0.717, 1.165) is 6.42 Å². The molecule has 0 spiro atoms. The predicted molar refractivity (Wildman–Crippen MR) is 73.2 cm³/mol. The minimum absolute atomic E-state index is 0. The van der Waals surface area contributed by atoms with Crippen molar-refractivity contribution in [2.45, 2.75) is 6.42 Å². The Morgan fingerprint density at radius 1 is 0.867 bits per heavy atom. The van der Waals surface area contributed by atoms with Crippen LogP contribution in [0.1, 0.15) is 6.42 Å². The molecular weight excluding hydrogens is 358 g/mol. The molecule has 0 aromatic carbocycles. The Hall–Kier alpha value is -0.232. The molecule has 0 heterocycles. The van der Waals surface area contributed by atoms with Crippen LogP contribution in [0.2, 0.25) is 0 Å². The standard InChI is InChI=1S/C5H5.7CH3.NO.W/c1-2-4-5-3-1;;;;;;;;1-2;/h1-3H,4H2;7*1H3;;/q9*-1;. The fourth-order valence-corrected chi connectivity index (χ4v) is 0.340. The smallest absolute Gasteiger partial charge is 0 e. The molecule has 0 fully saturated rings. The molecule has 0 saturated carbocycles. The second-order valence-electron chi connectivity index (χ2n) is 1.00. The van der Waals surface area contributed by atoms with E-state index < -0.39 is 0 Å². The Kier molecular flexibility index (Phi) is 554. The summed E-state index contributed by atoms with van der Waals surface area (Å²) in [5, 5.41) is 0. The topological polar surface area (TPSA) is 39.4 Å². The average molecular weight is 384 g/mol. The first-order valence-corrected chi connectivity index (χ1v) is 1.90. The van der Waals surface area contributed by atoms with Crippen LogP contribution in [-0.2, 0) is 21.1 Å². The molecule has 1 aliphatic carbocycles. The summed E-state index contributed by atoms with van der Waals surface area (Å²) in [4.78, 5) is 7.25. The van der Waals surface area contributed by atoms with Crippen LogP contribution in [0.5, 0.6) is 0 Å². The van der Waals surface area contributed by atoms with Crippen LogP contribution in [0.15, 0.2) is 18.2 Å². The van der Waals surface area contributed by atoms with Gasteiger partial charge in [-0.1, -0.05) is 0 Å². The number of hydrogen-bond donors (Lipinski definition) is 0. The maximum atomic E-state index is 7.25. The van der Waals surface area contributed by atoms with Gasteiger partial charge >= 0.3 is 0 Å². The summed E-state index contributed by atoms with van der Waals surface area (Å²) < 4.78 is 0. The van der Waals surface area contributed by atoms with Crippen molar-refractivity contribution in [1.82, 2.24) is 0 Å². The second-order valence-corrected chi connectivity index (χ2v) is 1.00. The van der Waals surface area contributed by atoms with Gasteiger partial charge in [0, 0.05) is 21.1 Å². The molecule has 1 aliphatic rings. The van der Waals surface area contributed by atoms with Crippen molar-refractivity contribution in [2.75, 3.05) is 0 Å². The van der Waals surface area contributed by atoms with E-state index in [1.54, 1.807) is 0 Å². The summed E-state index contributed by atoms with van der Waals surface area (Å²) in [6, 6.07) is 0. The second kappa shape index (κ2) is 98.7. The van der Waals surface area contributed by atoms with Gasteiger partial charge in [0.1, 0.15) is 0 Å². The van der Waals surface area contributed by atoms with Crippen LogP contribution in [-0.4, -0.2) is 0 Å². The van der Waals surface area contributed by atoms with Crippen LogP contribution in [0.3, 0.4) is 0 Å². The SMILES string of the molecule is [C-]1=CC=CC1.[CH3-].[CH3-].[CH3-].[CH3-].[CH3-].[CH3-].[CH3-].[N-]=O.[W]. The van der Waals surface area contributed by atoms with Gasteiger partial charge in [-0.2, -0.15) is 6.08 Å². The molecule has 0 unspecified atom stereocenters. The number of nitroso groups, excluding NO2 is 1. The predicted octanol–water partition coefficient (Wildman–Crippen LogP) is 4.78. The molecule has 0 N–H and O–H groups in total. The Balaban J connectivity index is -0.00000000495. The van der Waals surface area contributed by atoms with Crippen LogP contribution in [0.25, 0.3) is 5.59 Å². The molecule has 0 amide bonds. The van der Waals surface area contributed by atoms with E-state index >= 15 is 0 Å². The van der Waals surface area contributed by atoms with Crippen molar-refractivity contribution in [1.29, 1.82) is 0 Å². The first kappa shape index (κ1) is 84.1. The zero-order chi connectivity index (χ0) is 5.54. The van der Waals surface area contributed by atoms with E-state index in [1.807, 2.05) is 12.2 Å². The molecule has 15 heavy (non-hydrogen) atoms. The van der Waals surface area contributed by atoms with Crippen molar-refractivity contribution < 1.29 is 21.1 Å². The summed E-state index contributed by atoms with van der Waals surface area (Å²) in [5.41, 5.74) is 5.75. The van der Waals surface area contributed by atoms with Gasteiger partial charge < -0.3 is 62.5 Å². The third kappa shape index (κ3) is 83.9. The van der Waals surface area contributed by atoms with E-state index in [4.69, 9.17) is 10.5 Å². The Bertz CT molecular complexity index is 83.6. The zero-order valence-corrected chi connectivity index (χ0v) is 14.1. The Morgan fingerprint density at radius 2 is 1.20 bits per heavy atom. The monoisotopic (exact) mass is 384 g/mol. The molecule has 0 aromatic heterocycles. The molecule has 0 aromatic rings. The molecule has 1 rings (SSSR count). The van der Waals surface area contributed by atoms with Gasteiger partial charge in [-0.25, -0.2) is 12.2 Å². The van der Waals surface area contributed by atoms with Gasteiger partial charge in [0.15, 0.2) is 0 Å². The summed E-state index contributed by atoms with van der Waals surface area (Å²) >= 11 is 0. The van der Waals surface area contributed by atoms with Gasteiger partial charge in [0.2, 0.25) is 0 Å². The number of nitrogens with zero attached hydrogens (tertiary/aromatic N) is 1. The first-order valence-electron chi connectivity index (χ1n) is 1.90. The third-order valence-corrected chi connectivity index (χ3v) is 0.586. The fourth-order valence-electron chi connectivity index (χ4n) is 0.340. The van der Waals surface area contributed by atoms with Gasteiger partial charge in [0.05, 0.1) is 0 Å².